The van der Waals surface area contributed by atoms with E-state index in [-0.39, 0.29) is 22.2 Å². The zero-order valence-corrected chi connectivity index (χ0v) is 18.7. The predicted octanol–water partition coefficient (Wildman–Crippen LogP) is 4.01. The summed E-state index contributed by atoms with van der Waals surface area (Å²) in [4.78, 5) is 13.5. The third-order valence-corrected chi connectivity index (χ3v) is 7.59. The summed E-state index contributed by atoms with van der Waals surface area (Å²) in [5.41, 5.74) is 1.68. The zero-order chi connectivity index (χ0) is 23.5. The van der Waals surface area contributed by atoms with Crippen LogP contribution in [0.3, 0.4) is 0 Å². The van der Waals surface area contributed by atoms with Crippen LogP contribution in [0.2, 0.25) is 0 Å². The van der Waals surface area contributed by atoms with Crippen molar-refractivity contribution in [1.82, 2.24) is 24.1 Å². The number of ether oxygens (including phenoxy) is 1. The fraction of sp³-hybridized carbons (Fsp3) is 0.381. The van der Waals surface area contributed by atoms with Crippen molar-refractivity contribution in [3.05, 3.63) is 30.2 Å². The van der Waals surface area contributed by atoms with Gasteiger partial charge in [0.25, 0.3) is 0 Å². The van der Waals surface area contributed by atoms with Gasteiger partial charge in [0.15, 0.2) is 20.7 Å². The van der Waals surface area contributed by atoms with E-state index in [2.05, 4.69) is 19.7 Å². The molecule has 12 heteroatoms. The van der Waals surface area contributed by atoms with E-state index in [1.165, 1.54) is 24.4 Å². The molecule has 4 aromatic rings. The van der Waals surface area contributed by atoms with Crippen LogP contribution in [-0.2, 0) is 29.9 Å². The molecule has 0 aliphatic carbocycles. The monoisotopic (exact) mass is 479 g/mol. The molecule has 0 N–H and O–H groups in total. The second-order valence-electron chi connectivity index (χ2n) is 7.91. The first-order valence-corrected chi connectivity index (χ1v) is 12.1. The third-order valence-electron chi connectivity index (χ3n) is 5.82. The van der Waals surface area contributed by atoms with Gasteiger partial charge >= 0.3 is 6.36 Å². The van der Waals surface area contributed by atoms with Crippen molar-refractivity contribution >= 4 is 31.8 Å². The minimum Gasteiger partial charge on any atom is -0.406 e. The van der Waals surface area contributed by atoms with Crippen LogP contribution in [-0.4, -0.2) is 44.6 Å². The number of nitrogens with zero attached hydrogens (tertiary/aromatic N) is 5. The second-order valence-corrected chi connectivity index (χ2v) is 10.1. The topological polar surface area (TPSA) is 91.9 Å². The van der Waals surface area contributed by atoms with E-state index >= 15 is 0 Å². The first-order chi connectivity index (χ1) is 15.6. The summed E-state index contributed by atoms with van der Waals surface area (Å²) < 4.78 is 71.3. The van der Waals surface area contributed by atoms with Crippen LogP contribution in [0.25, 0.3) is 33.5 Å². The van der Waals surface area contributed by atoms with Crippen molar-refractivity contribution in [2.75, 3.05) is 5.75 Å². The number of benzene rings is 1. The van der Waals surface area contributed by atoms with E-state index in [4.69, 9.17) is 0 Å². The number of hydrogen-bond donors (Lipinski definition) is 0. The summed E-state index contributed by atoms with van der Waals surface area (Å²) in [5.74, 6) is 0.639. The fourth-order valence-corrected chi connectivity index (χ4v) is 5.58. The van der Waals surface area contributed by atoms with Crippen molar-refractivity contribution in [2.24, 2.45) is 7.05 Å². The van der Waals surface area contributed by atoms with E-state index in [1.54, 1.807) is 23.1 Å². The Morgan fingerprint density at radius 1 is 1.15 bits per heavy atom. The molecule has 0 bridgehead atoms. The van der Waals surface area contributed by atoms with Crippen LogP contribution in [0.15, 0.2) is 29.4 Å². The number of imidazole rings is 2. The highest BCUT2D eigenvalue weighted by Gasteiger charge is 2.32. The van der Waals surface area contributed by atoms with Crippen molar-refractivity contribution in [3.63, 3.8) is 0 Å². The number of pyridine rings is 1. The molecule has 33 heavy (non-hydrogen) atoms. The van der Waals surface area contributed by atoms with Crippen molar-refractivity contribution < 1.29 is 26.3 Å². The Kier molecular flexibility index (Phi) is 4.89. The highest BCUT2D eigenvalue weighted by molar-refractivity contribution is 7.91. The van der Waals surface area contributed by atoms with E-state index in [9.17, 15) is 21.6 Å². The molecule has 1 aliphatic heterocycles. The molecule has 5 rings (SSSR count). The molecule has 8 nitrogen and oxygen atoms in total. The minimum absolute atomic E-state index is 0.0679. The van der Waals surface area contributed by atoms with Crippen LogP contribution in [0.1, 0.15) is 25.6 Å². The first-order valence-electron chi connectivity index (χ1n) is 10.4. The zero-order valence-electron chi connectivity index (χ0n) is 17.8. The van der Waals surface area contributed by atoms with Gasteiger partial charge in [-0.1, -0.05) is 6.92 Å². The number of fused-ring (bicyclic) bond motifs is 4. The summed E-state index contributed by atoms with van der Waals surface area (Å²) in [5, 5.41) is 0.725. The third kappa shape index (κ3) is 3.62. The molecular weight excluding hydrogens is 459 g/mol. The van der Waals surface area contributed by atoms with Gasteiger partial charge in [0, 0.05) is 31.5 Å². The maximum absolute atomic E-state index is 13.0. The molecule has 174 valence electrons. The van der Waals surface area contributed by atoms with Gasteiger partial charge < -0.3 is 13.9 Å². The average Bonchev–Trinajstić information content (AvgIpc) is 3.31. The Morgan fingerprint density at radius 3 is 2.67 bits per heavy atom. The molecule has 0 spiro atoms. The summed E-state index contributed by atoms with van der Waals surface area (Å²) in [6.45, 7) is 2.17. The van der Waals surface area contributed by atoms with Crippen LogP contribution in [0, 0.1) is 0 Å². The molecule has 0 atom stereocenters. The van der Waals surface area contributed by atoms with E-state index < -0.39 is 16.2 Å². The van der Waals surface area contributed by atoms with Crippen LogP contribution >= 0.6 is 0 Å². The summed E-state index contributed by atoms with van der Waals surface area (Å²) in [6, 6.07) is 3.91. The van der Waals surface area contributed by atoms with E-state index in [1.807, 2.05) is 0 Å². The lowest BCUT2D eigenvalue weighted by molar-refractivity contribution is -0.274. The Morgan fingerprint density at radius 2 is 1.94 bits per heavy atom. The van der Waals surface area contributed by atoms with Crippen molar-refractivity contribution in [1.29, 1.82) is 0 Å². The van der Waals surface area contributed by atoms with Gasteiger partial charge in [-0.3, -0.25) is 4.98 Å². The molecular formula is C21H20F3N5O3S. The SMILES string of the molecule is CCS(=O)(=O)c1c(-c2nc3cnc4cc(OC(F)(F)F)ccc4c3n2C)nc2n1CCCC2. The normalized spacial score (nSPS) is 14.7. The molecule has 0 saturated carbocycles. The Hall–Kier alpha value is -3.15. The van der Waals surface area contributed by atoms with Crippen LogP contribution < -0.4 is 4.74 Å². The smallest absolute Gasteiger partial charge is 0.406 e. The lowest BCUT2D eigenvalue weighted by atomic mass is 10.2. The predicted molar refractivity (Wildman–Crippen MR) is 115 cm³/mol. The standard InChI is InChI=1S/C21H20F3N5O3S/c1-3-33(30,31)20-17(27-16-6-4-5-9-29(16)20)19-26-15-11-25-14-10-12(32-21(22,23)24)7-8-13(14)18(15)28(19)2/h7-8,10-11H,3-6,9H2,1-2H3. The molecule has 3 aromatic heterocycles. The van der Waals surface area contributed by atoms with Crippen molar-refractivity contribution in [2.45, 2.75) is 44.1 Å². The van der Waals surface area contributed by atoms with Gasteiger partial charge in [0.05, 0.1) is 23.0 Å². The summed E-state index contributed by atoms with van der Waals surface area (Å²) in [6.07, 6.45) is -0.875. The number of halogens is 3. The first kappa shape index (κ1) is 21.7. The van der Waals surface area contributed by atoms with E-state index in [0.29, 0.717) is 46.6 Å². The largest absolute Gasteiger partial charge is 0.573 e. The number of rotatable bonds is 4. The molecule has 0 radical (unpaired) electrons. The fourth-order valence-electron chi connectivity index (χ4n) is 4.34. The number of sulfone groups is 1. The molecule has 0 fully saturated rings. The summed E-state index contributed by atoms with van der Waals surface area (Å²) in [7, 11) is -1.86. The van der Waals surface area contributed by atoms with Gasteiger partial charge in [-0.15, -0.1) is 13.2 Å². The molecule has 0 saturated heterocycles. The molecule has 0 unspecified atom stereocenters. The van der Waals surface area contributed by atoms with Crippen molar-refractivity contribution in [3.8, 4) is 17.3 Å². The summed E-state index contributed by atoms with van der Waals surface area (Å²) >= 11 is 0. The lowest BCUT2D eigenvalue weighted by Crippen LogP contribution is -2.17. The number of aryl methyl sites for hydroxylation is 2. The molecule has 0 amide bonds. The number of hydrogen-bond acceptors (Lipinski definition) is 6. The minimum atomic E-state index is -4.81. The molecule has 1 aliphatic rings. The Bertz CT molecular complexity index is 1510. The maximum atomic E-state index is 13.0. The Balaban J connectivity index is 1.73. The lowest BCUT2D eigenvalue weighted by Gasteiger charge is -2.16. The number of alkyl halides is 3. The van der Waals surface area contributed by atoms with Crippen LogP contribution in [0.4, 0.5) is 13.2 Å². The second kappa shape index (κ2) is 7.44. The quantitative estimate of drug-likeness (QED) is 0.439. The van der Waals surface area contributed by atoms with Gasteiger partial charge in [0.1, 0.15) is 22.8 Å². The van der Waals surface area contributed by atoms with E-state index in [0.717, 1.165) is 12.8 Å². The van der Waals surface area contributed by atoms with Gasteiger partial charge in [-0.25, -0.2) is 18.4 Å². The highest BCUT2D eigenvalue weighted by Crippen LogP contribution is 2.35. The van der Waals surface area contributed by atoms with Crippen LogP contribution in [0.5, 0.6) is 5.75 Å². The average molecular weight is 479 g/mol. The van der Waals surface area contributed by atoms with Gasteiger partial charge in [0.2, 0.25) is 0 Å². The molecule has 1 aromatic carbocycles. The van der Waals surface area contributed by atoms with Gasteiger partial charge in [-0.05, 0) is 25.0 Å². The van der Waals surface area contributed by atoms with Gasteiger partial charge in [-0.2, -0.15) is 0 Å². The molecule has 4 heterocycles. The Labute approximate surface area is 186 Å². The highest BCUT2D eigenvalue weighted by atomic mass is 32.2. The maximum Gasteiger partial charge on any atom is 0.573 e. The number of aromatic nitrogens is 5.